The quantitative estimate of drug-likeness (QED) is 0.817. The van der Waals surface area contributed by atoms with Gasteiger partial charge in [0, 0.05) is 43.5 Å². The lowest BCUT2D eigenvalue weighted by Crippen LogP contribution is -2.48. The Hall–Kier alpha value is -1.60. The zero-order valence-corrected chi connectivity index (χ0v) is 16.6. The number of pyridine rings is 1. The fraction of sp³-hybridized carbons (Fsp3) is 0.556. The molecule has 0 saturated carbocycles. The van der Waals surface area contributed by atoms with Crippen molar-refractivity contribution < 1.29 is 4.79 Å². The van der Waals surface area contributed by atoms with E-state index in [2.05, 4.69) is 51.9 Å². The standard InChI is InChI=1S/C18H26BrN5O/c1-18(2,3)11-22-12-5-4-7-23(10-12)15-13-6-8-24(17(20)25)16(13)21-9-14(15)19/h6,8-9,12,22H,4-5,7,10-11H2,1-3H3,(H2,20,25)/t12-/m1/s1. The van der Waals surface area contributed by atoms with E-state index >= 15 is 0 Å². The second kappa shape index (κ2) is 6.96. The van der Waals surface area contributed by atoms with Gasteiger partial charge in [-0.15, -0.1) is 0 Å². The molecule has 2 aromatic heterocycles. The monoisotopic (exact) mass is 407 g/mol. The third-order valence-corrected chi connectivity index (χ3v) is 5.12. The smallest absolute Gasteiger partial charge is 0.324 e. The number of halogens is 1. The first kappa shape index (κ1) is 18.2. The van der Waals surface area contributed by atoms with E-state index in [0.29, 0.717) is 11.7 Å². The molecule has 1 amide bonds. The van der Waals surface area contributed by atoms with Crippen LogP contribution in [0, 0.1) is 5.41 Å². The van der Waals surface area contributed by atoms with E-state index < -0.39 is 6.03 Å². The minimum atomic E-state index is -0.515. The van der Waals surface area contributed by atoms with Gasteiger partial charge in [-0.2, -0.15) is 0 Å². The number of hydrogen-bond donors (Lipinski definition) is 2. The number of anilines is 1. The Bertz CT molecular complexity index is 780. The number of carbonyl (C=O) groups excluding carboxylic acids is 1. The number of rotatable bonds is 3. The number of primary amides is 1. The molecule has 1 atom stereocenters. The number of hydrogen-bond acceptors (Lipinski definition) is 4. The molecule has 0 aromatic carbocycles. The molecule has 0 unspecified atom stereocenters. The first-order chi connectivity index (χ1) is 11.8. The number of amides is 1. The van der Waals surface area contributed by atoms with E-state index in [9.17, 15) is 4.79 Å². The molecule has 136 valence electrons. The van der Waals surface area contributed by atoms with E-state index in [4.69, 9.17) is 5.73 Å². The summed E-state index contributed by atoms with van der Waals surface area (Å²) >= 11 is 3.64. The molecule has 3 heterocycles. The first-order valence-corrected chi connectivity index (χ1v) is 9.49. The van der Waals surface area contributed by atoms with Crippen LogP contribution in [0.4, 0.5) is 10.5 Å². The summed E-state index contributed by atoms with van der Waals surface area (Å²) in [6, 6.07) is 1.86. The van der Waals surface area contributed by atoms with Gasteiger partial charge in [0.2, 0.25) is 0 Å². The molecule has 0 bridgehead atoms. The van der Waals surface area contributed by atoms with Crippen molar-refractivity contribution in [3.8, 4) is 0 Å². The second-order valence-corrected chi connectivity index (χ2v) is 8.80. The average molecular weight is 408 g/mol. The van der Waals surface area contributed by atoms with Crippen molar-refractivity contribution >= 4 is 38.7 Å². The zero-order chi connectivity index (χ0) is 18.2. The number of piperidine rings is 1. The highest BCUT2D eigenvalue weighted by Crippen LogP contribution is 2.35. The Labute approximate surface area is 156 Å². The van der Waals surface area contributed by atoms with Gasteiger partial charge in [0.05, 0.1) is 10.2 Å². The van der Waals surface area contributed by atoms with Gasteiger partial charge in [-0.1, -0.05) is 20.8 Å². The van der Waals surface area contributed by atoms with Crippen molar-refractivity contribution in [2.24, 2.45) is 11.1 Å². The van der Waals surface area contributed by atoms with Crippen LogP contribution >= 0.6 is 15.9 Å². The van der Waals surface area contributed by atoms with E-state index in [1.165, 1.54) is 11.0 Å². The molecule has 25 heavy (non-hydrogen) atoms. The minimum Gasteiger partial charge on any atom is -0.368 e. The highest BCUT2D eigenvalue weighted by molar-refractivity contribution is 9.10. The molecule has 0 aliphatic carbocycles. The van der Waals surface area contributed by atoms with Crippen LogP contribution in [-0.2, 0) is 0 Å². The number of aromatic nitrogens is 2. The van der Waals surface area contributed by atoms with Crippen LogP contribution in [0.5, 0.6) is 0 Å². The van der Waals surface area contributed by atoms with Gasteiger partial charge in [-0.05, 0) is 40.3 Å². The molecule has 1 saturated heterocycles. The summed E-state index contributed by atoms with van der Waals surface area (Å²) in [6.45, 7) is 9.67. The van der Waals surface area contributed by atoms with E-state index in [-0.39, 0.29) is 5.41 Å². The molecule has 0 radical (unpaired) electrons. The van der Waals surface area contributed by atoms with Crippen LogP contribution in [0.1, 0.15) is 33.6 Å². The Morgan fingerprint density at radius 3 is 2.92 bits per heavy atom. The van der Waals surface area contributed by atoms with Gasteiger partial charge >= 0.3 is 6.03 Å². The molecule has 1 aliphatic heterocycles. The fourth-order valence-electron chi connectivity index (χ4n) is 3.34. The van der Waals surface area contributed by atoms with Crippen molar-refractivity contribution in [1.29, 1.82) is 0 Å². The molecular weight excluding hydrogens is 382 g/mol. The minimum absolute atomic E-state index is 0.269. The van der Waals surface area contributed by atoms with Gasteiger partial charge in [0.1, 0.15) is 5.65 Å². The van der Waals surface area contributed by atoms with Crippen molar-refractivity contribution in [3.05, 3.63) is 22.9 Å². The lowest BCUT2D eigenvalue weighted by atomic mass is 9.95. The van der Waals surface area contributed by atoms with Crippen LogP contribution < -0.4 is 16.0 Å². The summed E-state index contributed by atoms with van der Waals surface area (Å²) in [4.78, 5) is 18.3. The molecule has 2 aromatic rings. The topological polar surface area (TPSA) is 76.2 Å². The Morgan fingerprint density at radius 1 is 1.48 bits per heavy atom. The van der Waals surface area contributed by atoms with Crippen molar-refractivity contribution in [2.75, 3.05) is 24.5 Å². The Kier molecular flexibility index (Phi) is 5.06. The van der Waals surface area contributed by atoms with Crippen LogP contribution in [0.3, 0.4) is 0 Å². The third-order valence-electron chi connectivity index (χ3n) is 4.54. The van der Waals surface area contributed by atoms with Gasteiger partial charge in [-0.3, -0.25) is 4.57 Å². The summed E-state index contributed by atoms with van der Waals surface area (Å²) in [5.41, 5.74) is 7.41. The Balaban J connectivity index is 1.88. The highest BCUT2D eigenvalue weighted by atomic mass is 79.9. The van der Waals surface area contributed by atoms with Crippen molar-refractivity contribution in [2.45, 2.75) is 39.7 Å². The van der Waals surface area contributed by atoms with Crippen molar-refractivity contribution in [3.63, 3.8) is 0 Å². The molecule has 3 N–H and O–H groups in total. The molecule has 1 aliphatic rings. The highest BCUT2D eigenvalue weighted by Gasteiger charge is 2.25. The number of nitrogens with two attached hydrogens (primary N) is 1. The fourth-order valence-corrected chi connectivity index (χ4v) is 3.91. The molecular formula is C18H26BrN5O. The van der Waals surface area contributed by atoms with Crippen molar-refractivity contribution in [1.82, 2.24) is 14.9 Å². The van der Waals surface area contributed by atoms with E-state index in [0.717, 1.165) is 41.6 Å². The van der Waals surface area contributed by atoms with E-state index in [1.54, 1.807) is 12.4 Å². The van der Waals surface area contributed by atoms with Crippen LogP contribution in [0.15, 0.2) is 22.9 Å². The SMILES string of the molecule is CC(C)(C)CN[C@@H]1CCCN(c2c(Br)cnc3c2ccn3C(N)=O)C1. The van der Waals surface area contributed by atoms with Gasteiger partial charge in [0.25, 0.3) is 0 Å². The van der Waals surface area contributed by atoms with Crippen LogP contribution in [-0.4, -0.2) is 41.3 Å². The van der Waals surface area contributed by atoms with E-state index in [1.807, 2.05) is 6.07 Å². The Morgan fingerprint density at radius 2 is 2.24 bits per heavy atom. The maximum Gasteiger partial charge on any atom is 0.324 e. The van der Waals surface area contributed by atoms with Crippen LogP contribution in [0.2, 0.25) is 0 Å². The van der Waals surface area contributed by atoms with Gasteiger partial charge in [-0.25, -0.2) is 9.78 Å². The maximum absolute atomic E-state index is 11.6. The number of carbonyl (C=O) groups is 1. The average Bonchev–Trinajstić information content (AvgIpc) is 2.96. The molecule has 1 fully saturated rings. The first-order valence-electron chi connectivity index (χ1n) is 8.70. The van der Waals surface area contributed by atoms with Crippen LogP contribution in [0.25, 0.3) is 11.0 Å². The third kappa shape index (κ3) is 3.98. The molecule has 7 heteroatoms. The molecule has 6 nitrogen and oxygen atoms in total. The lowest BCUT2D eigenvalue weighted by Gasteiger charge is -2.37. The summed E-state index contributed by atoms with van der Waals surface area (Å²) in [5, 5.41) is 4.65. The van der Waals surface area contributed by atoms with Gasteiger partial charge < -0.3 is 16.0 Å². The number of nitrogens with zero attached hydrogens (tertiary/aromatic N) is 3. The normalized spacial score (nSPS) is 18.7. The lowest BCUT2D eigenvalue weighted by molar-refractivity contribution is 0.251. The summed E-state index contributed by atoms with van der Waals surface area (Å²) in [5.74, 6) is 0. The zero-order valence-electron chi connectivity index (χ0n) is 15.1. The maximum atomic E-state index is 11.6. The summed E-state index contributed by atoms with van der Waals surface area (Å²) < 4.78 is 2.34. The predicted molar refractivity (Wildman–Crippen MR) is 105 cm³/mol. The largest absolute Gasteiger partial charge is 0.368 e. The number of nitrogens with one attached hydrogen (secondary N) is 1. The molecule has 0 spiro atoms. The summed E-state index contributed by atoms with van der Waals surface area (Å²) in [7, 11) is 0. The van der Waals surface area contributed by atoms with Gasteiger partial charge in [0.15, 0.2) is 0 Å². The predicted octanol–water partition coefficient (Wildman–Crippen LogP) is 3.33. The number of fused-ring (bicyclic) bond motifs is 1. The summed E-state index contributed by atoms with van der Waals surface area (Å²) in [6.07, 6.45) is 5.76. The molecule has 3 rings (SSSR count). The second-order valence-electron chi connectivity index (χ2n) is 7.94.